The van der Waals surface area contributed by atoms with Gasteiger partial charge in [-0.25, -0.2) is 4.98 Å². The van der Waals surface area contributed by atoms with Crippen LogP contribution in [0.2, 0.25) is 10.0 Å². The lowest BCUT2D eigenvalue weighted by Gasteiger charge is -2.20. The predicted octanol–water partition coefficient (Wildman–Crippen LogP) is 4.06. The molecule has 0 spiro atoms. The first kappa shape index (κ1) is 14.4. The second kappa shape index (κ2) is 6.92. The third-order valence-electron chi connectivity index (χ3n) is 2.61. The lowest BCUT2D eigenvalue weighted by atomic mass is 10.2. The summed E-state index contributed by atoms with van der Waals surface area (Å²) in [5.74, 6) is 1.44. The molecule has 1 N–H and O–H groups in total. The predicted molar refractivity (Wildman–Crippen MR) is 76.6 cm³/mol. The van der Waals surface area contributed by atoms with Crippen molar-refractivity contribution in [2.75, 3.05) is 30.9 Å². The third kappa shape index (κ3) is 3.93. The normalized spacial score (nSPS) is 10.4. The molecule has 0 saturated heterocycles. The van der Waals surface area contributed by atoms with Gasteiger partial charge in [0.15, 0.2) is 0 Å². The fourth-order valence-electron chi connectivity index (χ4n) is 1.60. The number of unbranched alkanes of at least 4 members (excludes halogenated alkanes) is 2. The molecule has 96 valence electrons. The quantitative estimate of drug-likeness (QED) is 0.794. The molecule has 0 bridgehead atoms. The van der Waals surface area contributed by atoms with E-state index in [4.69, 9.17) is 23.2 Å². The average molecular weight is 276 g/mol. The molecule has 1 heterocycles. The monoisotopic (exact) mass is 275 g/mol. The van der Waals surface area contributed by atoms with Gasteiger partial charge in [0.05, 0.1) is 10.0 Å². The van der Waals surface area contributed by atoms with Crippen molar-refractivity contribution in [2.45, 2.75) is 26.2 Å². The minimum atomic E-state index is 0.545. The lowest BCUT2D eigenvalue weighted by Crippen LogP contribution is -2.20. The molecule has 1 aromatic heterocycles. The van der Waals surface area contributed by atoms with Gasteiger partial charge in [0.1, 0.15) is 11.6 Å². The van der Waals surface area contributed by atoms with Gasteiger partial charge in [0.2, 0.25) is 0 Å². The van der Waals surface area contributed by atoms with Crippen LogP contribution in [0, 0.1) is 0 Å². The first-order valence-corrected chi connectivity index (χ1v) is 6.60. The summed E-state index contributed by atoms with van der Waals surface area (Å²) in [7, 11) is 3.79. The van der Waals surface area contributed by atoms with Crippen molar-refractivity contribution >= 4 is 34.8 Å². The summed E-state index contributed by atoms with van der Waals surface area (Å²) in [5.41, 5.74) is 0. The molecule has 0 saturated carbocycles. The van der Waals surface area contributed by atoms with E-state index in [1.54, 1.807) is 13.1 Å². The fourth-order valence-corrected chi connectivity index (χ4v) is 2.20. The molecule has 0 aromatic carbocycles. The van der Waals surface area contributed by atoms with Crippen LogP contribution < -0.4 is 10.2 Å². The van der Waals surface area contributed by atoms with Gasteiger partial charge < -0.3 is 10.2 Å². The molecule has 0 amide bonds. The number of halogens is 2. The highest BCUT2D eigenvalue weighted by atomic mass is 35.5. The number of rotatable bonds is 6. The third-order valence-corrected chi connectivity index (χ3v) is 3.17. The van der Waals surface area contributed by atoms with Crippen molar-refractivity contribution in [2.24, 2.45) is 0 Å². The van der Waals surface area contributed by atoms with Gasteiger partial charge in [-0.15, -0.1) is 0 Å². The zero-order valence-electron chi connectivity index (χ0n) is 10.6. The minimum Gasteiger partial charge on any atom is -0.372 e. The maximum Gasteiger partial charge on any atom is 0.149 e. The summed E-state index contributed by atoms with van der Waals surface area (Å²) in [6.07, 6.45) is 3.56. The van der Waals surface area contributed by atoms with Crippen molar-refractivity contribution in [3.05, 3.63) is 16.1 Å². The number of hydrogen-bond donors (Lipinski definition) is 1. The molecule has 0 aliphatic carbocycles. The second-order valence-corrected chi connectivity index (χ2v) is 4.82. The number of nitrogens with one attached hydrogen (secondary N) is 1. The Morgan fingerprint density at radius 1 is 1.29 bits per heavy atom. The van der Waals surface area contributed by atoms with Crippen LogP contribution in [-0.4, -0.2) is 25.6 Å². The summed E-state index contributed by atoms with van der Waals surface area (Å²) in [5, 5.41) is 4.09. The molecule has 0 unspecified atom stereocenters. The molecule has 0 radical (unpaired) electrons. The molecular weight excluding hydrogens is 257 g/mol. The van der Waals surface area contributed by atoms with Crippen molar-refractivity contribution in [1.82, 2.24) is 4.98 Å². The standard InChI is InChI=1S/C12H19Cl2N3/c1-4-5-6-7-17(3)12-10(14)8-9(13)11(15-2)16-12/h8H,4-7H2,1-3H3,(H,15,16). The summed E-state index contributed by atoms with van der Waals surface area (Å²) in [4.78, 5) is 6.48. The minimum absolute atomic E-state index is 0.545. The summed E-state index contributed by atoms with van der Waals surface area (Å²) < 4.78 is 0. The van der Waals surface area contributed by atoms with Crippen LogP contribution in [0.3, 0.4) is 0 Å². The molecule has 0 fully saturated rings. The smallest absolute Gasteiger partial charge is 0.149 e. The van der Waals surface area contributed by atoms with Gasteiger partial charge in [-0.05, 0) is 12.5 Å². The Labute approximate surface area is 113 Å². The van der Waals surface area contributed by atoms with Gasteiger partial charge in [-0.2, -0.15) is 0 Å². The fraction of sp³-hybridized carbons (Fsp3) is 0.583. The van der Waals surface area contributed by atoms with E-state index in [9.17, 15) is 0 Å². The van der Waals surface area contributed by atoms with E-state index in [-0.39, 0.29) is 0 Å². The molecule has 17 heavy (non-hydrogen) atoms. The van der Waals surface area contributed by atoms with E-state index >= 15 is 0 Å². The van der Waals surface area contributed by atoms with Crippen molar-refractivity contribution in [1.29, 1.82) is 0 Å². The Morgan fingerprint density at radius 2 is 2.00 bits per heavy atom. The second-order valence-electron chi connectivity index (χ2n) is 4.00. The van der Waals surface area contributed by atoms with Crippen LogP contribution in [0.5, 0.6) is 0 Å². The zero-order valence-corrected chi connectivity index (χ0v) is 12.1. The van der Waals surface area contributed by atoms with Crippen LogP contribution in [0.1, 0.15) is 26.2 Å². The molecule has 0 atom stereocenters. The van der Waals surface area contributed by atoms with E-state index in [1.165, 1.54) is 12.8 Å². The Hall–Kier alpha value is -0.670. The first-order valence-electron chi connectivity index (χ1n) is 5.85. The van der Waals surface area contributed by atoms with Gasteiger partial charge in [-0.3, -0.25) is 0 Å². The van der Waals surface area contributed by atoms with E-state index < -0.39 is 0 Å². The highest BCUT2D eigenvalue weighted by Crippen LogP contribution is 2.30. The average Bonchev–Trinajstić information content (AvgIpc) is 2.29. The Morgan fingerprint density at radius 3 is 2.59 bits per heavy atom. The Kier molecular flexibility index (Phi) is 5.86. The highest BCUT2D eigenvalue weighted by Gasteiger charge is 2.11. The topological polar surface area (TPSA) is 28.2 Å². The van der Waals surface area contributed by atoms with E-state index in [2.05, 4.69) is 22.1 Å². The Balaban J connectivity index is 2.81. The lowest BCUT2D eigenvalue weighted by molar-refractivity contribution is 0.701. The van der Waals surface area contributed by atoms with Gasteiger partial charge in [0, 0.05) is 20.6 Å². The molecule has 0 aliphatic heterocycles. The molecular formula is C12H19Cl2N3. The largest absolute Gasteiger partial charge is 0.372 e. The van der Waals surface area contributed by atoms with Gasteiger partial charge in [0.25, 0.3) is 0 Å². The highest BCUT2D eigenvalue weighted by molar-refractivity contribution is 6.37. The van der Waals surface area contributed by atoms with Crippen molar-refractivity contribution in [3.8, 4) is 0 Å². The van der Waals surface area contributed by atoms with Crippen molar-refractivity contribution < 1.29 is 0 Å². The number of aromatic nitrogens is 1. The zero-order chi connectivity index (χ0) is 12.8. The molecule has 5 heteroatoms. The van der Waals surface area contributed by atoms with Crippen LogP contribution in [0.25, 0.3) is 0 Å². The maximum atomic E-state index is 6.15. The summed E-state index contributed by atoms with van der Waals surface area (Å²) in [6, 6.07) is 1.73. The van der Waals surface area contributed by atoms with E-state index in [0.717, 1.165) is 18.8 Å². The van der Waals surface area contributed by atoms with Crippen LogP contribution in [0.4, 0.5) is 11.6 Å². The number of pyridine rings is 1. The number of hydrogen-bond acceptors (Lipinski definition) is 3. The Bertz CT molecular complexity index is 369. The maximum absolute atomic E-state index is 6.15. The van der Waals surface area contributed by atoms with Crippen LogP contribution in [-0.2, 0) is 0 Å². The molecule has 3 nitrogen and oxygen atoms in total. The SMILES string of the molecule is CCCCCN(C)c1nc(NC)c(Cl)cc1Cl. The van der Waals surface area contributed by atoms with Gasteiger partial charge in [-0.1, -0.05) is 43.0 Å². The summed E-state index contributed by atoms with van der Waals surface area (Å²) >= 11 is 12.2. The van der Waals surface area contributed by atoms with Crippen LogP contribution in [0.15, 0.2) is 6.07 Å². The van der Waals surface area contributed by atoms with Gasteiger partial charge >= 0.3 is 0 Å². The van der Waals surface area contributed by atoms with Crippen LogP contribution >= 0.6 is 23.2 Å². The summed E-state index contributed by atoms with van der Waals surface area (Å²) in [6.45, 7) is 3.14. The number of anilines is 2. The number of nitrogens with zero attached hydrogens (tertiary/aromatic N) is 2. The van der Waals surface area contributed by atoms with E-state index in [0.29, 0.717) is 15.9 Å². The molecule has 0 aliphatic rings. The van der Waals surface area contributed by atoms with Crippen molar-refractivity contribution in [3.63, 3.8) is 0 Å². The van der Waals surface area contributed by atoms with E-state index in [1.807, 2.05) is 7.05 Å². The first-order chi connectivity index (χ1) is 8.10. The molecule has 1 aromatic rings. The molecule has 1 rings (SSSR count).